The van der Waals surface area contributed by atoms with Crippen molar-refractivity contribution in [3.05, 3.63) is 47.3 Å². The normalized spacial score (nSPS) is 12.1. The van der Waals surface area contributed by atoms with Gasteiger partial charge in [0.25, 0.3) is 5.56 Å². The first-order valence-electron chi connectivity index (χ1n) is 8.13. The summed E-state index contributed by atoms with van der Waals surface area (Å²) in [5.41, 5.74) is -0.341. The van der Waals surface area contributed by atoms with Crippen LogP contribution in [0.5, 0.6) is 0 Å². The molecule has 136 valence electrons. The lowest BCUT2D eigenvalue weighted by Crippen LogP contribution is -2.25. The second-order valence-electron chi connectivity index (χ2n) is 5.77. The van der Waals surface area contributed by atoms with E-state index in [9.17, 15) is 14.3 Å². The van der Waals surface area contributed by atoms with Gasteiger partial charge in [-0.15, -0.1) is 0 Å². The van der Waals surface area contributed by atoms with E-state index in [2.05, 4.69) is 25.6 Å². The summed E-state index contributed by atoms with van der Waals surface area (Å²) >= 11 is 0. The van der Waals surface area contributed by atoms with Crippen molar-refractivity contribution in [2.45, 2.75) is 19.5 Å². The summed E-state index contributed by atoms with van der Waals surface area (Å²) in [5.74, 6) is 1.29. The van der Waals surface area contributed by atoms with Crippen molar-refractivity contribution in [1.82, 2.24) is 19.5 Å². The van der Waals surface area contributed by atoms with Gasteiger partial charge in [0.05, 0.1) is 24.7 Å². The summed E-state index contributed by atoms with van der Waals surface area (Å²) in [6.45, 7) is 0.972. The van der Waals surface area contributed by atoms with Gasteiger partial charge in [0.1, 0.15) is 24.1 Å². The van der Waals surface area contributed by atoms with Crippen LogP contribution in [0.4, 0.5) is 21.8 Å². The number of aromatic nitrogens is 4. The molecule has 0 amide bonds. The number of fused-ring (bicyclic) bond motifs is 1. The lowest BCUT2D eigenvalue weighted by molar-refractivity contribution is 0.281. The smallest absolute Gasteiger partial charge is 0.262 e. The highest BCUT2D eigenvalue weighted by molar-refractivity contribution is 5.93. The molecule has 0 saturated carbocycles. The number of aryl methyl sites for hydroxylation is 1. The zero-order valence-electron chi connectivity index (χ0n) is 14.2. The lowest BCUT2D eigenvalue weighted by Gasteiger charge is -2.16. The molecule has 0 saturated heterocycles. The van der Waals surface area contributed by atoms with E-state index >= 15 is 0 Å². The quantitative estimate of drug-likeness (QED) is 0.590. The summed E-state index contributed by atoms with van der Waals surface area (Å²) < 4.78 is 14.0. The second kappa shape index (κ2) is 7.87. The Morgan fingerprint density at radius 3 is 2.88 bits per heavy atom. The van der Waals surface area contributed by atoms with Crippen molar-refractivity contribution >= 4 is 28.2 Å². The van der Waals surface area contributed by atoms with Gasteiger partial charge in [-0.05, 0) is 24.4 Å². The summed E-state index contributed by atoms with van der Waals surface area (Å²) in [6.07, 6.45) is 6.21. The van der Waals surface area contributed by atoms with Gasteiger partial charge in [0.2, 0.25) is 0 Å². The fourth-order valence-corrected chi connectivity index (χ4v) is 2.51. The molecule has 0 bridgehead atoms. The Labute approximate surface area is 148 Å². The van der Waals surface area contributed by atoms with Gasteiger partial charge in [-0.3, -0.25) is 9.78 Å². The highest BCUT2D eigenvalue weighted by Gasteiger charge is 2.14. The Hall–Kier alpha value is -3.07. The molecule has 3 rings (SSSR count). The Morgan fingerprint density at radius 2 is 2.19 bits per heavy atom. The number of alkyl halides is 1. The van der Waals surface area contributed by atoms with Crippen molar-refractivity contribution in [3.63, 3.8) is 0 Å². The molecule has 9 heteroatoms. The summed E-state index contributed by atoms with van der Waals surface area (Å²) in [5, 5.41) is 16.4. The van der Waals surface area contributed by atoms with Gasteiger partial charge in [0.15, 0.2) is 0 Å². The van der Waals surface area contributed by atoms with Crippen LogP contribution in [0.1, 0.15) is 6.92 Å². The highest BCUT2D eigenvalue weighted by atomic mass is 19.1. The van der Waals surface area contributed by atoms with Gasteiger partial charge in [-0.2, -0.15) is 0 Å². The highest BCUT2D eigenvalue weighted by Crippen LogP contribution is 2.24. The van der Waals surface area contributed by atoms with Gasteiger partial charge in [-0.1, -0.05) is 0 Å². The molecule has 3 aromatic heterocycles. The largest absolute Gasteiger partial charge is 0.394 e. The van der Waals surface area contributed by atoms with Crippen molar-refractivity contribution in [2.24, 2.45) is 0 Å². The van der Waals surface area contributed by atoms with Crippen molar-refractivity contribution in [1.29, 1.82) is 0 Å². The number of nitrogens with zero attached hydrogens (tertiary/aromatic N) is 4. The maximum atomic E-state index is 12.7. The number of hydrogen-bond donors (Lipinski definition) is 3. The zero-order chi connectivity index (χ0) is 18.5. The maximum absolute atomic E-state index is 12.7. The average Bonchev–Trinajstić information content (AvgIpc) is 2.64. The fraction of sp³-hybridized carbons (Fsp3) is 0.294. The molecule has 0 aliphatic heterocycles. The molecule has 26 heavy (non-hydrogen) atoms. The third-order valence-corrected chi connectivity index (χ3v) is 3.76. The van der Waals surface area contributed by atoms with E-state index in [1.165, 1.54) is 4.57 Å². The second-order valence-corrected chi connectivity index (χ2v) is 5.77. The minimum atomic E-state index is -0.638. The lowest BCUT2D eigenvalue weighted by atomic mass is 10.2. The van der Waals surface area contributed by atoms with Crippen molar-refractivity contribution in [2.75, 3.05) is 23.9 Å². The van der Waals surface area contributed by atoms with Crippen LogP contribution in [0, 0.1) is 0 Å². The Bertz CT molecular complexity index is 947. The van der Waals surface area contributed by atoms with E-state index < -0.39 is 6.67 Å². The fourth-order valence-electron chi connectivity index (χ4n) is 2.51. The van der Waals surface area contributed by atoms with Gasteiger partial charge < -0.3 is 20.3 Å². The molecular weight excluding hydrogens is 339 g/mol. The number of aliphatic hydroxyl groups is 1. The molecule has 8 nitrogen and oxygen atoms in total. The zero-order valence-corrected chi connectivity index (χ0v) is 14.2. The molecule has 3 N–H and O–H groups in total. The van der Waals surface area contributed by atoms with E-state index in [1.54, 1.807) is 43.8 Å². The van der Waals surface area contributed by atoms with Crippen molar-refractivity contribution in [3.8, 4) is 0 Å². The van der Waals surface area contributed by atoms with Crippen LogP contribution >= 0.6 is 0 Å². The molecule has 3 aromatic rings. The number of hydrogen-bond acceptors (Lipinski definition) is 7. The van der Waals surface area contributed by atoms with Crippen LogP contribution in [-0.4, -0.2) is 43.9 Å². The predicted octanol–water partition coefficient (Wildman–Crippen LogP) is 1.69. The van der Waals surface area contributed by atoms with Crippen LogP contribution in [-0.2, 0) is 6.54 Å². The van der Waals surface area contributed by atoms with E-state index in [1.807, 2.05) is 0 Å². The van der Waals surface area contributed by atoms with E-state index in [0.29, 0.717) is 28.2 Å². The Balaban J connectivity index is 2.11. The van der Waals surface area contributed by atoms with Gasteiger partial charge in [-0.25, -0.2) is 14.4 Å². The van der Waals surface area contributed by atoms with E-state index in [0.717, 1.165) is 0 Å². The predicted molar refractivity (Wildman–Crippen MR) is 97.5 cm³/mol. The van der Waals surface area contributed by atoms with Crippen LogP contribution in [0.3, 0.4) is 0 Å². The first kappa shape index (κ1) is 17.7. The van der Waals surface area contributed by atoms with Gasteiger partial charge >= 0.3 is 0 Å². The minimum Gasteiger partial charge on any atom is -0.394 e. The molecular formula is C17H19FN6O2. The molecule has 0 aromatic carbocycles. The summed E-state index contributed by atoms with van der Waals surface area (Å²) in [6, 6.07) is 3.12. The number of aliphatic hydroxyl groups excluding tert-OH is 1. The molecule has 3 heterocycles. The molecule has 0 fully saturated rings. The van der Waals surface area contributed by atoms with Crippen LogP contribution in [0.2, 0.25) is 0 Å². The molecule has 1 atom stereocenters. The van der Waals surface area contributed by atoms with Crippen molar-refractivity contribution < 1.29 is 9.50 Å². The maximum Gasteiger partial charge on any atom is 0.262 e. The number of rotatable bonds is 7. The van der Waals surface area contributed by atoms with E-state index in [-0.39, 0.29) is 24.8 Å². The topological polar surface area (TPSA) is 105 Å². The summed E-state index contributed by atoms with van der Waals surface area (Å²) in [4.78, 5) is 25.2. The first-order valence-corrected chi connectivity index (χ1v) is 8.13. The minimum absolute atomic E-state index is 0.0244. The van der Waals surface area contributed by atoms with Crippen LogP contribution in [0.25, 0.3) is 10.8 Å². The Kier molecular flexibility index (Phi) is 5.37. The van der Waals surface area contributed by atoms with Crippen LogP contribution in [0.15, 0.2) is 41.7 Å². The van der Waals surface area contributed by atoms with Crippen LogP contribution < -0.4 is 16.2 Å². The first-order chi connectivity index (χ1) is 12.6. The standard InChI is InChI=1S/C17H19FN6O2/c1-11(10-25)21-16-15-12(2-6-24(7-3-18)17(15)26)8-13(23-16)22-14-9-19-4-5-20-14/h2,4-6,8-9,11,25H,3,7,10H2,1H3,(H2,20,21,22,23)/t11-/m0/s1. The molecule has 0 radical (unpaired) electrons. The van der Waals surface area contributed by atoms with Gasteiger partial charge in [0, 0.05) is 24.6 Å². The third-order valence-electron chi connectivity index (χ3n) is 3.76. The number of halogens is 1. The molecule has 0 spiro atoms. The monoisotopic (exact) mass is 358 g/mol. The number of anilines is 3. The van der Waals surface area contributed by atoms with E-state index in [4.69, 9.17) is 0 Å². The molecule has 0 unspecified atom stereocenters. The Morgan fingerprint density at radius 1 is 1.35 bits per heavy atom. The molecule has 0 aliphatic rings. The third kappa shape index (κ3) is 3.77. The number of pyridine rings is 2. The SMILES string of the molecule is C[C@@H](CO)Nc1nc(Nc2cnccn2)cc2ccn(CCF)c(=O)c12. The number of nitrogens with one attached hydrogen (secondary N) is 2. The molecule has 0 aliphatic carbocycles. The average molecular weight is 358 g/mol. The summed E-state index contributed by atoms with van der Waals surface area (Å²) in [7, 11) is 0.